The second kappa shape index (κ2) is 6.56. The number of hydrogen-bond acceptors (Lipinski definition) is 4. The van der Waals surface area contributed by atoms with Crippen LogP contribution in [0.15, 0.2) is 59.5 Å². The summed E-state index contributed by atoms with van der Waals surface area (Å²) in [6.45, 7) is 2.39. The van der Waals surface area contributed by atoms with Gasteiger partial charge in [-0.25, -0.2) is 0 Å². The predicted molar refractivity (Wildman–Crippen MR) is 97.9 cm³/mol. The number of benzene rings is 2. The first-order valence-electron chi connectivity index (χ1n) is 7.14. The lowest BCUT2D eigenvalue weighted by Crippen LogP contribution is -2.27. The number of aromatic hydroxyl groups is 1. The molecule has 0 aliphatic carbocycles. The molecule has 1 heterocycles. The predicted octanol–water partition coefficient (Wildman–Crippen LogP) is 4.18. The van der Waals surface area contributed by atoms with E-state index in [4.69, 9.17) is 12.2 Å². The molecule has 0 aromatic heterocycles. The van der Waals surface area contributed by atoms with Crippen LogP contribution in [-0.4, -0.2) is 20.2 Å². The minimum absolute atomic E-state index is 0.0607. The minimum Gasteiger partial charge on any atom is -0.508 e. The van der Waals surface area contributed by atoms with E-state index in [1.165, 1.54) is 11.8 Å². The van der Waals surface area contributed by atoms with Crippen LogP contribution in [0.2, 0.25) is 0 Å². The fourth-order valence-electron chi connectivity index (χ4n) is 2.37. The third kappa shape index (κ3) is 3.30. The molecule has 0 saturated carbocycles. The Balaban J connectivity index is 1.88. The SMILES string of the molecule is C/C(=C1\SC(=S)N(Cc2ccccc2)C1=O)c1ccc(O)cc1. The van der Waals surface area contributed by atoms with Crippen molar-refractivity contribution in [1.29, 1.82) is 0 Å². The Hall–Kier alpha value is -2.11. The Labute approximate surface area is 144 Å². The van der Waals surface area contributed by atoms with E-state index in [-0.39, 0.29) is 11.7 Å². The van der Waals surface area contributed by atoms with Gasteiger partial charge in [-0.3, -0.25) is 9.69 Å². The topological polar surface area (TPSA) is 40.5 Å². The highest BCUT2D eigenvalue weighted by atomic mass is 32.2. The van der Waals surface area contributed by atoms with Gasteiger partial charge in [-0.2, -0.15) is 0 Å². The molecule has 23 heavy (non-hydrogen) atoms. The molecule has 1 N–H and O–H groups in total. The highest BCUT2D eigenvalue weighted by Crippen LogP contribution is 2.37. The summed E-state index contributed by atoms with van der Waals surface area (Å²) in [5.74, 6) is 0.146. The number of amides is 1. The summed E-state index contributed by atoms with van der Waals surface area (Å²) in [5, 5.41) is 9.39. The smallest absolute Gasteiger partial charge is 0.266 e. The van der Waals surface area contributed by atoms with Crippen molar-refractivity contribution >= 4 is 39.8 Å². The lowest BCUT2D eigenvalue weighted by Gasteiger charge is -2.14. The number of thiocarbonyl (C=S) groups is 1. The lowest BCUT2D eigenvalue weighted by molar-refractivity contribution is -0.122. The number of nitrogens with zero attached hydrogens (tertiary/aromatic N) is 1. The first-order valence-corrected chi connectivity index (χ1v) is 8.36. The Kier molecular flexibility index (Phi) is 4.50. The van der Waals surface area contributed by atoms with Crippen molar-refractivity contribution in [3.05, 3.63) is 70.6 Å². The van der Waals surface area contributed by atoms with Crippen LogP contribution in [0.5, 0.6) is 5.75 Å². The molecule has 0 radical (unpaired) electrons. The van der Waals surface area contributed by atoms with Gasteiger partial charge in [-0.1, -0.05) is 66.4 Å². The van der Waals surface area contributed by atoms with Gasteiger partial charge in [0.15, 0.2) is 0 Å². The van der Waals surface area contributed by atoms with E-state index >= 15 is 0 Å². The number of allylic oxidation sites excluding steroid dienone is 1. The lowest BCUT2D eigenvalue weighted by atomic mass is 10.1. The summed E-state index contributed by atoms with van der Waals surface area (Å²) in [7, 11) is 0. The molecular weight excluding hydrogens is 326 g/mol. The van der Waals surface area contributed by atoms with Gasteiger partial charge in [0, 0.05) is 0 Å². The van der Waals surface area contributed by atoms with Crippen molar-refractivity contribution in [2.24, 2.45) is 0 Å². The van der Waals surface area contributed by atoms with Crippen molar-refractivity contribution in [2.45, 2.75) is 13.5 Å². The monoisotopic (exact) mass is 341 g/mol. The highest BCUT2D eigenvalue weighted by molar-refractivity contribution is 8.26. The van der Waals surface area contributed by atoms with E-state index in [1.807, 2.05) is 37.3 Å². The number of thioether (sulfide) groups is 1. The van der Waals surface area contributed by atoms with Gasteiger partial charge in [0.05, 0.1) is 11.4 Å². The van der Waals surface area contributed by atoms with Gasteiger partial charge in [-0.05, 0) is 35.8 Å². The van der Waals surface area contributed by atoms with Crippen molar-refractivity contribution < 1.29 is 9.90 Å². The standard InChI is InChI=1S/C18H15NO2S2/c1-12(14-7-9-15(20)10-8-14)16-17(21)19(18(22)23-16)11-13-5-3-2-4-6-13/h2-10,20H,11H2,1H3/b16-12+. The summed E-state index contributed by atoms with van der Waals surface area (Å²) >= 11 is 6.71. The van der Waals surface area contributed by atoms with E-state index in [0.717, 1.165) is 16.7 Å². The molecule has 0 spiro atoms. The molecule has 3 rings (SSSR count). The maximum atomic E-state index is 12.7. The molecule has 0 unspecified atom stereocenters. The van der Waals surface area contributed by atoms with Gasteiger partial charge in [-0.15, -0.1) is 0 Å². The molecule has 1 fully saturated rings. The summed E-state index contributed by atoms with van der Waals surface area (Å²) in [5.41, 5.74) is 2.83. The molecule has 2 aromatic rings. The zero-order valence-corrected chi connectivity index (χ0v) is 14.2. The summed E-state index contributed by atoms with van der Waals surface area (Å²) < 4.78 is 0.576. The second-order valence-electron chi connectivity index (χ2n) is 5.25. The average Bonchev–Trinajstić information content (AvgIpc) is 2.84. The number of carbonyl (C=O) groups is 1. The molecular formula is C18H15NO2S2. The molecule has 0 atom stereocenters. The van der Waals surface area contributed by atoms with E-state index in [2.05, 4.69) is 0 Å². The maximum absolute atomic E-state index is 12.7. The number of carbonyl (C=O) groups excluding carboxylic acids is 1. The van der Waals surface area contributed by atoms with Crippen molar-refractivity contribution in [3.63, 3.8) is 0 Å². The van der Waals surface area contributed by atoms with E-state index < -0.39 is 0 Å². The zero-order chi connectivity index (χ0) is 16.4. The Morgan fingerprint density at radius 1 is 1.13 bits per heavy atom. The van der Waals surface area contributed by atoms with Crippen LogP contribution in [0.25, 0.3) is 5.57 Å². The number of phenols is 1. The molecule has 0 bridgehead atoms. The molecule has 1 amide bonds. The van der Waals surface area contributed by atoms with Crippen LogP contribution in [0, 0.1) is 0 Å². The number of phenolic OH excluding ortho intramolecular Hbond substituents is 1. The van der Waals surface area contributed by atoms with Crippen molar-refractivity contribution in [1.82, 2.24) is 4.90 Å². The molecule has 5 heteroatoms. The van der Waals surface area contributed by atoms with Gasteiger partial charge in [0.1, 0.15) is 10.1 Å². The molecule has 116 valence electrons. The van der Waals surface area contributed by atoms with Crippen molar-refractivity contribution in [3.8, 4) is 5.75 Å². The number of rotatable bonds is 3. The zero-order valence-electron chi connectivity index (χ0n) is 12.5. The average molecular weight is 341 g/mol. The van der Waals surface area contributed by atoms with Crippen LogP contribution in [-0.2, 0) is 11.3 Å². The largest absolute Gasteiger partial charge is 0.508 e. The van der Waals surface area contributed by atoms with Crippen LogP contribution in [0.3, 0.4) is 0 Å². The van der Waals surface area contributed by atoms with E-state index in [0.29, 0.717) is 15.8 Å². The molecule has 2 aromatic carbocycles. The summed E-state index contributed by atoms with van der Waals surface area (Å²) in [6.07, 6.45) is 0. The van der Waals surface area contributed by atoms with E-state index in [1.54, 1.807) is 29.2 Å². The third-order valence-electron chi connectivity index (χ3n) is 3.67. The van der Waals surface area contributed by atoms with Crippen LogP contribution >= 0.6 is 24.0 Å². The molecule has 1 aliphatic heterocycles. The summed E-state index contributed by atoms with van der Waals surface area (Å²) in [4.78, 5) is 15.0. The maximum Gasteiger partial charge on any atom is 0.266 e. The molecule has 1 aliphatic rings. The minimum atomic E-state index is -0.0607. The van der Waals surface area contributed by atoms with E-state index in [9.17, 15) is 9.90 Å². The van der Waals surface area contributed by atoms with Crippen LogP contribution in [0.1, 0.15) is 18.1 Å². The highest BCUT2D eigenvalue weighted by Gasteiger charge is 2.33. The Morgan fingerprint density at radius 3 is 2.43 bits per heavy atom. The van der Waals surface area contributed by atoms with Gasteiger partial charge in [0.2, 0.25) is 0 Å². The van der Waals surface area contributed by atoms with Gasteiger partial charge < -0.3 is 5.11 Å². The third-order valence-corrected chi connectivity index (χ3v) is 5.22. The van der Waals surface area contributed by atoms with Gasteiger partial charge >= 0.3 is 0 Å². The number of hydrogen-bond donors (Lipinski definition) is 1. The van der Waals surface area contributed by atoms with Crippen LogP contribution in [0.4, 0.5) is 0 Å². The fraction of sp³-hybridized carbons (Fsp3) is 0.111. The molecule has 1 saturated heterocycles. The van der Waals surface area contributed by atoms with Crippen LogP contribution < -0.4 is 0 Å². The first kappa shape index (κ1) is 15.8. The normalized spacial score (nSPS) is 16.8. The molecule has 3 nitrogen and oxygen atoms in total. The second-order valence-corrected chi connectivity index (χ2v) is 6.89. The Morgan fingerprint density at radius 2 is 1.78 bits per heavy atom. The first-order chi connectivity index (χ1) is 11.1. The quantitative estimate of drug-likeness (QED) is 0.671. The van der Waals surface area contributed by atoms with Crippen molar-refractivity contribution in [2.75, 3.05) is 0 Å². The summed E-state index contributed by atoms with van der Waals surface area (Å²) in [6, 6.07) is 16.6. The van der Waals surface area contributed by atoms with Gasteiger partial charge in [0.25, 0.3) is 5.91 Å². The fourth-order valence-corrected chi connectivity index (χ4v) is 3.67. The Bertz CT molecular complexity index is 782.